The van der Waals surface area contributed by atoms with Gasteiger partial charge in [-0.15, -0.1) is 0 Å². The van der Waals surface area contributed by atoms with Crippen molar-refractivity contribution in [2.75, 3.05) is 5.32 Å². The zero-order valence-corrected chi connectivity index (χ0v) is 13.7. The molecule has 3 nitrogen and oxygen atoms in total. The van der Waals surface area contributed by atoms with Gasteiger partial charge < -0.3 is 10.6 Å². The molecule has 0 radical (unpaired) electrons. The molecule has 0 bridgehead atoms. The number of hydrogen-bond acceptors (Lipinski definition) is 2. The van der Waals surface area contributed by atoms with Gasteiger partial charge in [-0.05, 0) is 44.9 Å². The average molecular weight is 327 g/mol. The Morgan fingerprint density at radius 1 is 1.37 bits per heavy atom. The SMILES string of the molecule is CCCC(C)NC(=O)C(C)Nc1ccc(C)c(Br)c1. The molecule has 0 aliphatic rings. The molecule has 1 rings (SSSR count). The van der Waals surface area contributed by atoms with Crippen LogP contribution >= 0.6 is 15.9 Å². The highest BCUT2D eigenvalue weighted by Crippen LogP contribution is 2.21. The summed E-state index contributed by atoms with van der Waals surface area (Å²) in [5.41, 5.74) is 2.13. The number of nitrogens with one attached hydrogen (secondary N) is 2. The Balaban J connectivity index is 2.56. The molecule has 0 heterocycles. The number of carbonyl (C=O) groups excluding carboxylic acids is 1. The van der Waals surface area contributed by atoms with Gasteiger partial charge in [-0.3, -0.25) is 4.79 Å². The lowest BCUT2D eigenvalue weighted by Gasteiger charge is -2.19. The Morgan fingerprint density at radius 2 is 2.05 bits per heavy atom. The predicted octanol–water partition coefficient (Wildman–Crippen LogP) is 3.86. The van der Waals surface area contributed by atoms with Gasteiger partial charge in [0.1, 0.15) is 6.04 Å². The van der Waals surface area contributed by atoms with Gasteiger partial charge in [-0.2, -0.15) is 0 Å². The first-order valence-corrected chi connectivity index (χ1v) is 7.56. The molecule has 0 aliphatic carbocycles. The summed E-state index contributed by atoms with van der Waals surface area (Å²) in [6.07, 6.45) is 2.09. The van der Waals surface area contributed by atoms with E-state index in [1.807, 2.05) is 39.0 Å². The number of aryl methyl sites for hydroxylation is 1. The third-order valence-corrected chi connectivity index (χ3v) is 3.91. The van der Waals surface area contributed by atoms with Gasteiger partial charge in [0.05, 0.1) is 0 Å². The van der Waals surface area contributed by atoms with Crippen LogP contribution in [0.4, 0.5) is 5.69 Å². The van der Waals surface area contributed by atoms with E-state index in [0.717, 1.165) is 23.0 Å². The quantitative estimate of drug-likeness (QED) is 0.833. The van der Waals surface area contributed by atoms with E-state index >= 15 is 0 Å². The van der Waals surface area contributed by atoms with Gasteiger partial charge in [-0.25, -0.2) is 0 Å². The summed E-state index contributed by atoms with van der Waals surface area (Å²) in [5.74, 6) is 0.0395. The van der Waals surface area contributed by atoms with Gasteiger partial charge in [0.2, 0.25) is 5.91 Å². The van der Waals surface area contributed by atoms with E-state index < -0.39 is 0 Å². The van der Waals surface area contributed by atoms with Gasteiger partial charge >= 0.3 is 0 Å². The second-order valence-electron chi connectivity index (χ2n) is 5.03. The lowest BCUT2D eigenvalue weighted by molar-refractivity contribution is -0.122. The number of benzene rings is 1. The van der Waals surface area contributed by atoms with Gasteiger partial charge in [-0.1, -0.05) is 35.3 Å². The molecule has 106 valence electrons. The minimum absolute atomic E-state index is 0.0395. The molecule has 2 N–H and O–H groups in total. The first-order chi connectivity index (χ1) is 8.93. The van der Waals surface area contributed by atoms with E-state index in [-0.39, 0.29) is 18.0 Å². The monoisotopic (exact) mass is 326 g/mol. The highest BCUT2D eigenvalue weighted by molar-refractivity contribution is 9.10. The standard InChI is InChI=1S/C15H23BrN2O/c1-5-6-11(3)17-15(19)12(4)18-13-8-7-10(2)14(16)9-13/h7-9,11-12,18H,5-6H2,1-4H3,(H,17,19). The Morgan fingerprint density at radius 3 is 2.63 bits per heavy atom. The molecule has 1 aromatic rings. The van der Waals surface area contributed by atoms with Crippen LogP contribution in [0.25, 0.3) is 0 Å². The highest BCUT2D eigenvalue weighted by atomic mass is 79.9. The van der Waals surface area contributed by atoms with Crippen LogP contribution in [0.5, 0.6) is 0 Å². The Kier molecular flexibility index (Phi) is 6.35. The number of anilines is 1. The van der Waals surface area contributed by atoms with Crippen molar-refractivity contribution < 1.29 is 4.79 Å². The zero-order chi connectivity index (χ0) is 14.4. The molecule has 0 spiro atoms. The second-order valence-corrected chi connectivity index (χ2v) is 5.88. The number of hydrogen-bond donors (Lipinski definition) is 2. The van der Waals surface area contributed by atoms with Crippen LogP contribution in [0.2, 0.25) is 0 Å². The lowest BCUT2D eigenvalue weighted by atomic mass is 10.1. The number of rotatable bonds is 6. The normalized spacial score (nSPS) is 13.7. The minimum Gasteiger partial charge on any atom is -0.374 e. The number of amides is 1. The molecule has 4 heteroatoms. The highest BCUT2D eigenvalue weighted by Gasteiger charge is 2.14. The summed E-state index contributed by atoms with van der Waals surface area (Å²) in [6, 6.07) is 5.99. The van der Waals surface area contributed by atoms with Crippen molar-refractivity contribution in [3.63, 3.8) is 0 Å². The second kappa shape index (κ2) is 7.53. The van der Waals surface area contributed by atoms with Crippen molar-refractivity contribution >= 4 is 27.5 Å². The predicted molar refractivity (Wildman–Crippen MR) is 84.5 cm³/mol. The fourth-order valence-electron chi connectivity index (χ4n) is 1.87. The van der Waals surface area contributed by atoms with Crippen molar-refractivity contribution in [2.45, 2.75) is 52.6 Å². The van der Waals surface area contributed by atoms with Crippen LogP contribution in [0, 0.1) is 6.92 Å². The summed E-state index contributed by atoms with van der Waals surface area (Å²) < 4.78 is 1.05. The molecule has 0 aliphatic heterocycles. The first kappa shape index (κ1) is 16.0. The first-order valence-electron chi connectivity index (χ1n) is 6.77. The summed E-state index contributed by atoms with van der Waals surface area (Å²) in [7, 11) is 0. The molecule has 1 amide bonds. The van der Waals surface area contributed by atoms with Crippen molar-refractivity contribution in [3.8, 4) is 0 Å². The largest absolute Gasteiger partial charge is 0.374 e. The molecular formula is C15H23BrN2O. The van der Waals surface area contributed by atoms with Crippen LogP contribution in [0.1, 0.15) is 39.2 Å². The fourth-order valence-corrected chi connectivity index (χ4v) is 2.25. The van der Waals surface area contributed by atoms with Crippen molar-refractivity contribution in [3.05, 3.63) is 28.2 Å². The summed E-state index contributed by atoms with van der Waals surface area (Å²) in [6.45, 7) is 8.07. The van der Waals surface area contributed by atoms with Gasteiger partial charge in [0, 0.05) is 16.2 Å². The maximum absolute atomic E-state index is 12.0. The third kappa shape index (κ3) is 5.23. The molecule has 2 unspecified atom stereocenters. The average Bonchev–Trinajstić information content (AvgIpc) is 2.34. The summed E-state index contributed by atoms with van der Waals surface area (Å²) in [4.78, 5) is 12.0. The Labute approximate surface area is 124 Å². The van der Waals surface area contributed by atoms with E-state index in [1.165, 1.54) is 5.56 Å². The lowest BCUT2D eigenvalue weighted by Crippen LogP contribution is -2.42. The summed E-state index contributed by atoms with van der Waals surface area (Å²) >= 11 is 3.49. The van der Waals surface area contributed by atoms with Crippen molar-refractivity contribution in [2.24, 2.45) is 0 Å². The van der Waals surface area contributed by atoms with Crippen LogP contribution in [0.15, 0.2) is 22.7 Å². The van der Waals surface area contributed by atoms with Crippen LogP contribution in [0.3, 0.4) is 0 Å². The van der Waals surface area contributed by atoms with E-state index in [1.54, 1.807) is 0 Å². The maximum Gasteiger partial charge on any atom is 0.242 e. The topological polar surface area (TPSA) is 41.1 Å². The van der Waals surface area contributed by atoms with E-state index in [2.05, 4.69) is 33.5 Å². The zero-order valence-electron chi connectivity index (χ0n) is 12.1. The molecule has 1 aromatic carbocycles. The molecule has 2 atom stereocenters. The molecule has 0 saturated heterocycles. The van der Waals surface area contributed by atoms with Crippen LogP contribution in [-0.4, -0.2) is 18.0 Å². The fraction of sp³-hybridized carbons (Fsp3) is 0.533. The van der Waals surface area contributed by atoms with E-state index in [4.69, 9.17) is 0 Å². The van der Waals surface area contributed by atoms with E-state index in [9.17, 15) is 4.79 Å². The van der Waals surface area contributed by atoms with Crippen LogP contribution < -0.4 is 10.6 Å². The minimum atomic E-state index is -0.242. The van der Waals surface area contributed by atoms with Crippen LogP contribution in [-0.2, 0) is 4.79 Å². The van der Waals surface area contributed by atoms with E-state index in [0.29, 0.717) is 0 Å². The van der Waals surface area contributed by atoms with Crippen molar-refractivity contribution in [1.82, 2.24) is 5.32 Å². The van der Waals surface area contributed by atoms with Gasteiger partial charge in [0.25, 0.3) is 0 Å². The third-order valence-electron chi connectivity index (χ3n) is 3.06. The van der Waals surface area contributed by atoms with Crippen molar-refractivity contribution in [1.29, 1.82) is 0 Å². The molecule has 19 heavy (non-hydrogen) atoms. The van der Waals surface area contributed by atoms with Gasteiger partial charge in [0.15, 0.2) is 0 Å². The smallest absolute Gasteiger partial charge is 0.242 e. The Hall–Kier alpha value is -1.03. The molecule has 0 fully saturated rings. The number of halogens is 1. The molecule has 0 aromatic heterocycles. The molecular weight excluding hydrogens is 304 g/mol. The summed E-state index contributed by atoms with van der Waals surface area (Å²) in [5, 5.41) is 6.23. The maximum atomic E-state index is 12.0. The Bertz CT molecular complexity index is 434. The molecule has 0 saturated carbocycles. The number of carbonyl (C=O) groups is 1.